The van der Waals surface area contributed by atoms with E-state index in [0.717, 1.165) is 19.5 Å². The molecule has 2 nitrogen and oxygen atoms in total. The lowest BCUT2D eigenvalue weighted by molar-refractivity contribution is 0.306. The summed E-state index contributed by atoms with van der Waals surface area (Å²) in [4.78, 5) is 0. The van der Waals surface area contributed by atoms with Gasteiger partial charge in [-0.3, -0.25) is 0 Å². The quantitative estimate of drug-likeness (QED) is 0.675. The van der Waals surface area contributed by atoms with E-state index in [1.165, 1.54) is 30.4 Å². The molecule has 0 radical (unpaired) electrons. The number of hydrogen-bond acceptors (Lipinski definition) is 2. The number of rotatable bonds is 0. The van der Waals surface area contributed by atoms with Crippen LogP contribution < -0.4 is 5.32 Å². The number of phenols is 1. The molecule has 2 aliphatic rings. The third kappa shape index (κ3) is 1.36. The van der Waals surface area contributed by atoms with E-state index in [1.54, 1.807) is 0 Å². The molecule has 0 bridgehead atoms. The van der Waals surface area contributed by atoms with Crippen molar-refractivity contribution in [1.82, 2.24) is 5.32 Å². The summed E-state index contributed by atoms with van der Waals surface area (Å²) in [5, 5.41) is 12.9. The zero-order chi connectivity index (χ0) is 10.3. The molecule has 0 amide bonds. The van der Waals surface area contributed by atoms with Crippen LogP contribution in [0.4, 0.5) is 0 Å². The molecule has 1 aliphatic carbocycles. The molecule has 0 saturated carbocycles. The number of piperidine rings is 1. The van der Waals surface area contributed by atoms with Crippen molar-refractivity contribution < 1.29 is 5.11 Å². The highest BCUT2D eigenvalue weighted by Crippen LogP contribution is 2.45. The first kappa shape index (κ1) is 9.22. The van der Waals surface area contributed by atoms with E-state index in [4.69, 9.17) is 0 Å². The molecule has 0 atom stereocenters. The van der Waals surface area contributed by atoms with Gasteiger partial charge in [-0.2, -0.15) is 0 Å². The van der Waals surface area contributed by atoms with Crippen molar-refractivity contribution in [3.05, 3.63) is 29.3 Å². The summed E-state index contributed by atoms with van der Waals surface area (Å²) in [6, 6.07) is 5.93. The van der Waals surface area contributed by atoms with Crippen LogP contribution in [0.3, 0.4) is 0 Å². The Bertz CT molecular complexity index is 380. The molecule has 1 fully saturated rings. The number of fused-ring (bicyclic) bond motifs is 2. The lowest BCUT2D eigenvalue weighted by Gasteiger charge is -2.35. The predicted octanol–water partition coefficient (Wildman–Crippen LogP) is 1.96. The number of aromatic hydroxyl groups is 1. The summed E-state index contributed by atoms with van der Waals surface area (Å²) in [6.45, 7) is 2.28. The molecule has 2 N–H and O–H groups in total. The smallest absolute Gasteiger partial charge is 0.115 e. The van der Waals surface area contributed by atoms with Crippen LogP contribution in [0.25, 0.3) is 0 Å². The van der Waals surface area contributed by atoms with Gasteiger partial charge in [0.2, 0.25) is 0 Å². The molecule has 1 aromatic carbocycles. The Kier molecular flexibility index (Phi) is 1.99. The molecule has 1 aliphatic heterocycles. The largest absolute Gasteiger partial charge is 0.508 e. The lowest BCUT2D eigenvalue weighted by Crippen LogP contribution is -2.38. The van der Waals surface area contributed by atoms with Gasteiger partial charge in [-0.15, -0.1) is 0 Å². The maximum atomic E-state index is 9.47. The first-order valence-corrected chi connectivity index (χ1v) is 5.83. The summed E-state index contributed by atoms with van der Waals surface area (Å²) in [6.07, 6.45) is 4.92. The highest BCUT2D eigenvalue weighted by Gasteiger charge is 2.39. The van der Waals surface area contributed by atoms with Gasteiger partial charge in [0, 0.05) is 0 Å². The number of nitrogens with one attached hydrogen (secondary N) is 1. The van der Waals surface area contributed by atoms with Crippen LogP contribution in [0.15, 0.2) is 18.2 Å². The number of phenolic OH excluding ortho intramolecular Hbond substituents is 1. The van der Waals surface area contributed by atoms with E-state index in [0.29, 0.717) is 11.2 Å². The summed E-state index contributed by atoms with van der Waals surface area (Å²) >= 11 is 0. The van der Waals surface area contributed by atoms with Gasteiger partial charge in [0.15, 0.2) is 0 Å². The van der Waals surface area contributed by atoms with E-state index in [9.17, 15) is 5.11 Å². The van der Waals surface area contributed by atoms with Gasteiger partial charge >= 0.3 is 0 Å². The van der Waals surface area contributed by atoms with Crippen molar-refractivity contribution >= 4 is 0 Å². The molecule has 3 rings (SSSR count). The second-order valence-corrected chi connectivity index (χ2v) is 4.87. The molecule has 80 valence electrons. The van der Waals surface area contributed by atoms with Crippen molar-refractivity contribution in [2.75, 3.05) is 13.1 Å². The summed E-state index contributed by atoms with van der Waals surface area (Å²) in [5.74, 6) is 0.416. The normalized spacial score (nSPS) is 22.9. The number of benzene rings is 1. The van der Waals surface area contributed by atoms with Crippen LogP contribution in [0.1, 0.15) is 30.4 Å². The summed E-state index contributed by atoms with van der Waals surface area (Å²) in [5.41, 5.74) is 3.30. The highest BCUT2D eigenvalue weighted by atomic mass is 16.3. The monoisotopic (exact) mass is 203 g/mol. The van der Waals surface area contributed by atoms with Crippen molar-refractivity contribution in [2.45, 2.75) is 31.1 Å². The van der Waals surface area contributed by atoms with Crippen molar-refractivity contribution in [3.8, 4) is 5.75 Å². The number of aryl methyl sites for hydroxylation is 1. The van der Waals surface area contributed by atoms with E-state index in [-0.39, 0.29) is 0 Å². The first-order valence-electron chi connectivity index (χ1n) is 5.83. The van der Waals surface area contributed by atoms with Crippen LogP contribution >= 0.6 is 0 Å². The third-order valence-corrected chi connectivity index (χ3v) is 4.09. The standard InChI is InChI=1S/C13H17NO/c15-11-1-2-12-10(9-11)3-4-13(12)5-7-14-8-6-13/h1-2,9,14-15H,3-8H2. The molecule has 1 saturated heterocycles. The van der Waals surface area contributed by atoms with Gasteiger partial charge in [-0.25, -0.2) is 0 Å². The maximum absolute atomic E-state index is 9.47. The Morgan fingerprint density at radius 3 is 2.73 bits per heavy atom. The average molecular weight is 203 g/mol. The molecule has 15 heavy (non-hydrogen) atoms. The van der Waals surface area contributed by atoms with Crippen LogP contribution in [-0.4, -0.2) is 18.2 Å². The minimum Gasteiger partial charge on any atom is -0.508 e. The minimum absolute atomic E-state index is 0.416. The molecule has 0 aromatic heterocycles. The van der Waals surface area contributed by atoms with E-state index in [2.05, 4.69) is 11.4 Å². The van der Waals surface area contributed by atoms with Crippen LogP contribution in [0.2, 0.25) is 0 Å². The van der Waals surface area contributed by atoms with Gasteiger partial charge in [0.05, 0.1) is 0 Å². The zero-order valence-electron chi connectivity index (χ0n) is 8.92. The van der Waals surface area contributed by atoms with Gasteiger partial charge in [0.1, 0.15) is 5.75 Å². The van der Waals surface area contributed by atoms with Gasteiger partial charge < -0.3 is 10.4 Å². The third-order valence-electron chi connectivity index (χ3n) is 4.09. The summed E-state index contributed by atoms with van der Waals surface area (Å²) in [7, 11) is 0. The molecule has 0 unspecified atom stereocenters. The van der Waals surface area contributed by atoms with E-state index < -0.39 is 0 Å². The maximum Gasteiger partial charge on any atom is 0.115 e. The van der Waals surface area contributed by atoms with Crippen LogP contribution in [0, 0.1) is 0 Å². The molecular formula is C13H17NO. The Balaban J connectivity index is 2.03. The SMILES string of the molecule is Oc1ccc2c(c1)CCC21CCNCC1. The first-order chi connectivity index (χ1) is 7.30. The Morgan fingerprint density at radius 2 is 1.93 bits per heavy atom. The molecule has 2 heteroatoms. The van der Waals surface area contributed by atoms with E-state index >= 15 is 0 Å². The van der Waals surface area contributed by atoms with Crippen LogP contribution in [-0.2, 0) is 11.8 Å². The van der Waals surface area contributed by atoms with E-state index in [1.807, 2.05) is 12.1 Å². The van der Waals surface area contributed by atoms with Gasteiger partial charge in [-0.05, 0) is 67.4 Å². The Labute approximate surface area is 90.3 Å². The fourth-order valence-corrected chi connectivity index (χ4v) is 3.24. The van der Waals surface area contributed by atoms with Gasteiger partial charge in [-0.1, -0.05) is 6.07 Å². The molecule has 1 aromatic rings. The van der Waals surface area contributed by atoms with Crippen molar-refractivity contribution in [3.63, 3.8) is 0 Å². The number of hydrogen-bond donors (Lipinski definition) is 2. The average Bonchev–Trinajstić information content (AvgIpc) is 2.58. The van der Waals surface area contributed by atoms with Crippen molar-refractivity contribution in [2.24, 2.45) is 0 Å². The highest BCUT2D eigenvalue weighted by molar-refractivity contribution is 5.44. The van der Waals surface area contributed by atoms with Crippen molar-refractivity contribution in [1.29, 1.82) is 0 Å². The second-order valence-electron chi connectivity index (χ2n) is 4.87. The Hall–Kier alpha value is -1.02. The summed E-state index contributed by atoms with van der Waals surface area (Å²) < 4.78 is 0. The van der Waals surface area contributed by atoms with Crippen LogP contribution in [0.5, 0.6) is 5.75 Å². The fourth-order valence-electron chi connectivity index (χ4n) is 3.24. The van der Waals surface area contributed by atoms with Gasteiger partial charge in [0.25, 0.3) is 0 Å². The minimum atomic E-state index is 0.416. The predicted molar refractivity (Wildman–Crippen MR) is 60.2 cm³/mol. The lowest BCUT2D eigenvalue weighted by atomic mass is 9.74. The fraction of sp³-hybridized carbons (Fsp3) is 0.538. The molecule has 1 spiro atoms. The zero-order valence-corrected chi connectivity index (χ0v) is 8.92. The Morgan fingerprint density at radius 1 is 1.13 bits per heavy atom. The topological polar surface area (TPSA) is 32.3 Å². The second kappa shape index (κ2) is 3.24. The molecular weight excluding hydrogens is 186 g/mol. The molecule has 1 heterocycles.